The van der Waals surface area contributed by atoms with E-state index < -0.39 is 0 Å². The fourth-order valence-electron chi connectivity index (χ4n) is 18.7. The minimum absolute atomic E-state index is 0.923. The van der Waals surface area contributed by atoms with Gasteiger partial charge in [-0.1, -0.05) is 370 Å². The van der Waals surface area contributed by atoms with Crippen LogP contribution in [0.1, 0.15) is 0 Å². The summed E-state index contributed by atoms with van der Waals surface area (Å²) in [5.74, 6) is 0. The monoisotopic (exact) mass is 1600 g/mol. The maximum Gasteiger partial charge on any atom is 0.143 e. The van der Waals surface area contributed by atoms with Crippen molar-refractivity contribution in [3.63, 3.8) is 0 Å². The quantitative estimate of drug-likeness (QED) is 0.122. The van der Waals surface area contributed by atoms with E-state index in [9.17, 15) is 0 Å². The normalized spacial score (nSPS) is 11.8. The Labute approximate surface area is 716 Å². The zero-order chi connectivity index (χ0) is 80.3. The van der Waals surface area contributed by atoms with Gasteiger partial charge in [-0.3, -0.25) is 0 Å². The molecule has 0 atom stereocenters. The van der Waals surface area contributed by atoms with Crippen LogP contribution in [0.4, 0.5) is 34.1 Å². The van der Waals surface area contributed by atoms with Gasteiger partial charge in [0.2, 0.25) is 0 Å². The van der Waals surface area contributed by atoms with Crippen LogP contribution in [0.15, 0.2) is 441 Å². The van der Waals surface area contributed by atoms with Crippen molar-refractivity contribution in [2.24, 2.45) is 0 Å². The van der Waals surface area contributed by atoms with Crippen LogP contribution in [-0.2, 0) is 0 Å². The third-order valence-electron chi connectivity index (χ3n) is 24.7. The van der Waals surface area contributed by atoms with Gasteiger partial charge in [0.05, 0.1) is 20.8 Å². The molecule has 4 heterocycles. The molecule has 0 aliphatic carbocycles. The van der Waals surface area contributed by atoms with Crippen molar-refractivity contribution in [1.82, 2.24) is 0 Å². The van der Waals surface area contributed by atoms with E-state index in [0.717, 1.165) is 72.3 Å². The third kappa shape index (κ3) is 12.1. The van der Waals surface area contributed by atoms with Gasteiger partial charge >= 0.3 is 0 Å². The molecule has 4 aromatic heterocycles. The summed E-state index contributed by atoms with van der Waals surface area (Å²) in [5.41, 5.74) is 23.0. The molecule has 0 saturated carbocycles. The summed E-state index contributed by atoms with van der Waals surface area (Å²) in [7, 11) is 0. The molecule has 0 N–H and O–H groups in total. The lowest BCUT2D eigenvalue weighted by Gasteiger charge is -2.28. The molecular formula is C116H72N2OS3. The molecule has 570 valence electrons. The molecule has 0 unspecified atom stereocenters. The van der Waals surface area contributed by atoms with Gasteiger partial charge in [0, 0.05) is 101 Å². The van der Waals surface area contributed by atoms with Crippen LogP contribution in [0.3, 0.4) is 0 Å². The first-order valence-electron chi connectivity index (χ1n) is 41.6. The Kier molecular flexibility index (Phi) is 17.2. The van der Waals surface area contributed by atoms with Crippen LogP contribution in [0.2, 0.25) is 0 Å². The number of nitrogens with zero attached hydrogens (tertiary/aromatic N) is 2. The SMILES string of the molecule is c1ccc(-c2ccc(N(c3ccc(-c4ccc(-c5cccc6c5oc5c7ccccc7ccc65)cc4)cc3)c3c4ccccc4cc4c3sc3c5ccccc5ccc43)cc2)cc1.c1ccc(-c2ccc(N(c3ccc(-c4ccc(-c5cccc6c5sc5c7ccccc7ccc65)cc4)cc3)c3cccc4c3sc3c5ccccc5ccc43)cc2)cc1. The highest BCUT2D eigenvalue weighted by Crippen LogP contribution is 2.53. The molecule has 0 fully saturated rings. The van der Waals surface area contributed by atoms with Crippen LogP contribution in [0.5, 0.6) is 0 Å². The molecule has 122 heavy (non-hydrogen) atoms. The average Bonchev–Trinajstić information content (AvgIpc) is 1.27. The fourth-order valence-corrected chi connectivity index (χ4v) is 22.8. The smallest absolute Gasteiger partial charge is 0.143 e. The topological polar surface area (TPSA) is 19.6 Å². The Morgan fingerprint density at radius 2 is 0.475 bits per heavy atom. The van der Waals surface area contributed by atoms with E-state index in [-0.39, 0.29) is 0 Å². The molecule has 0 amide bonds. The molecule has 3 nitrogen and oxygen atoms in total. The zero-order valence-electron chi connectivity index (χ0n) is 66.1. The molecule has 25 rings (SSSR count). The summed E-state index contributed by atoms with van der Waals surface area (Å²) in [6, 6.07) is 159. The lowest BCUT2D eigenvalue weighted by molar-refractivity contribution is 0.674. The first-order chi connectivity index (χ1) is 60.5. The molecule has 0 aliphatic rings. The van der Waals surface area contributed by atoms with E-state index in [2.05, 4.69) is 447 Å². The van der Waals surface area contributed by atoms with Crippen molar-refractivity contribution in [1.29, 1.82) is 0 Å². The number of benzene rings is 21. The molecule has 0 radical (unpaired) electrons. The van der Waals surface area contributed by atoms with Gasteiger partial charge in [-0.05, 0) is 171 Å². The highest BCUT2D eigenvalue weighted by atomic mass is 32.1. The van der Waals surface area contributed by atoms with Crippen LogP contribution in [-0.4, -0.2) is 0 Å². The third-order valence-corrected chi connectivity index (χ3v) is 28.6. The van der Waals surface area contributed by atoms with Gasteiger partial charge in [-0.15, -0.1) is 34.0 Å². The Hall–Kier alpha value is -15.0. The molecule has 0 saturated heterocycles. The lowest BCUT2D eigenvalue weighted by atomic mass is 9.98. The summed E-state index contributed by atoms with van der Waals surface area (Å²) in [4.78, 5) is 4.90. The summed E-state index contributed by atoms with van der Waals surface area (Å²) >= 11 is 5.71. The zero-order valence-corrected chi connectivity index (χ0v) is 68.5. The van der Waals surface area contributed by atoms with E-state index in [1.165, 1.54) is 165 Å². The van der Waals surface area contributed by atoms with Crippen molar-refractivity contribution < 1.29 is 4.42 Å². The second-order valence-corrected chi connectivity index (χ2v) is 34.7. The number of thiophene rings is 3. The van der Waals surface area contributed by atoms with Gasteiger partial charge in [0.15, 0.2) is 0 Å². The Bertz CT molecular complexity index is 8400. The van der Waals surface area contributed by atoms with Crippen molar-refractivity contribution in [2.75, 3.05) is 9.80 Å². The molecule has 0 aliphatic heterocycles. The molecule has 21 aromatic carbocycles. The van der Waals surface area contributed by atoms with E-state index in [1.54, 1.807) is 0 Å². The average molecular weight is 1610 g/mol. The largest absolute Gasteiger partial charge is 0.455 e. The lowest BCUT2D eigenvalue weighted by Crippen LogP contribution is -2.10. The van der Waals surface area contributed by atoms with Crippen molar-refractivity contribution in [3.05, 3.63) is 437 Å². The highest BCUT2D eigenvalue weighted by molar-refractivity contribution is 7.28. The van der Waals surface area contributed by atoms with Crippen LogP contribution < -0.4 is 9.80 Å². The minimum atomic E-state index is 0.923. The molecule has 0 spiro atoms. The molecule has 25 aromatic rings. The van der Waals surface area contributed by atoms with Gasteiger partial charge in [-0.2, -0.15) is 0 Å². The van der Waals surface area contributed by atoms with E-state index in [0.29, 0.717) is 0 Å². The summed E-state index contributed by atoms with van der Waals surface area (Å²) in [6.07, 6.45) is 0. The maximum absolute atomic E-state index is 6.69. The molecule has 6 heteroatoms. The van der Waals surface area contributed by atoms with Gasteiger partial charge < -0.3 is 14.2 Å². The number of hydrogen-bond donors (Lipinski definition) is 0. The number of fused-ring (bicyclic) bond motifs is 21. The molecule has 0 bridgehead atoms. The first-order valence-corrected chi connectivity index (χ1v) is 44.0. The number of furan rings is 1. The Balaban J connectivity index is 0.000000138. The number of rotatable bonds is 12. The summed E-state index contributed by atoms with van der Waals surface area (Å²) in [5, 5.41) is 22.6. The van der Waals surface area contributed by atoms with E-state index in [1.807, 2.05) is 34.0 Å². The first kappa shape index (κ1) is 71.1. The van der Waals surface area contributed by atoms with Gasteiger partial charge in [0.1, 0.15) is 11.2 Å². The number of hydrogen-bond acceptors (Lipinski definition) is 6. The second-order valence-electron chi connectivity index (χ2n) is 31.6. The minimum Gasteiger partial charge on any atom is -0.455 e. The van der Waals surface area contributed by atoms with Crippen LogP contribution in [0, 0.1) is 0 Å². The fraction of sp³-hybridized carbons (Fsp3) is 0. The number of para-hydroxylation sites is 1. The number of anilines is 6. The Morgan fingerprint density at radius 3 is 0.967 bits per heavy atom. The van der Waals surface area contributed by atoms with E-state index in [4.69, 9.17) is 4.42 Å². The summed E-state index contributed by atoms with van der Waals surface area (Å²) < 4.78 is 14.6. The summed E-state index contributed by atoms with van der Waals surface area (Å²) in [6.45, 7) is 0. The maximum atomic E-state index is 6.69. The van der Waals surface area contributed by atoms with Gasteiger partial charge in [0.25, 0.3) is 0 Å². The van der Waals surface area contributed by atoms with Gasteiger partial charge in [-0.25, -0.2) is 0 Å². The van der Waals surface area contributed by atoms with E-state index >= 15 is 0 Å². The predicted octanol–water partition coefficient (Wildman–Crippen LogP) is 35.1. The molecular weight excluding hydrogens is 1530 g/mol. The van der Waals surface area contributed by atoms with Crippen LogP contribution in [0.25, 0.3) is 203 Å². The standard InChI is InChI=1S/C60H37NOS.C56H35NS2/c1-2-11-38(12-3-1)40-25-31-46(32-26-40)61(56-48-16-7-6-15-45(48)37-55-54-36-30-43-14-5-9-18-51(43)59(54)63-60(55)56)47-33-27-41(28-34-47)39-21-23-44(24-22-39)50-19-10-20-52-53-35-29-42-13-4-8-17-49(42)58(53)62-57(50)52;1-2-10-36(11-3-1)38-24-30-43(31-25-38)57(52-19-9-18-49-51-35-29-41-13-5-7-15-46(41)55(51)59-56(49)52)44-32-26-39(27-33-44)37-20-22-42(23-21-37)47-16-8-17-48-50-34-28-40-12-4-6-14-45(40)54(50)58-53(47)48/h1-37H;1-35H. The van der Waals surface area contributed by atoms with Crippen molar-refractivity contribution >= 4 is 204 Å². The van der Waals surface area contributed by atoms with Crippen molar-refractivity contribution in [3.8, 4) is 66.8 Å². The predicted molar refractivity (Wildman–Crippen MR) is 528 cm³/mol. The highest BCUT2D eigenvalue weighted by Gasteiger charge is 2.26. The van der Waals surface area contributed by atoms with Crippen molar-refractivity contribution in [2.45, 2.75) is 0 Å². The van der Waals surface area contributed by atoms with Crippen LogP contribution >= 0.6 is 34.0 Å². The second kappa shape index (κ2) is 29.5. The Morgan fingerprint density at radius 1 is 0.164 bits per heavy atom.